The van der Waals surface area contributed by atoms with Gasteiger partial charge in [-0.1, -0.05) is 5.21 Å². The van der Waals surface area contributed by atoms with Gasteiger partial charge in [0.15, 0.2) is 0 Å². The van der Waals surface area contributed by atoms with Gasteiger partial charge in [-0.05, 0) is 6.07 Å². The van der Waals surface area contributed by atoms with E-state index in [1.807, 2.05) is 0 Å². The summed E-state index contributed by atoms with van der Waals surface area (Å²) in [6.45, 7) is 0.0272. The number of fused-ring (bicyclic) bond motifs is 1. The second-order valence-electron chi connectivity index (χ2n) is 3.16. The van der Waals surface area contributed by atoms with Crippen molar-refractivity contribution >= 4 is 17.0 Å². The lowest BCUT2D eigenvalue weighted by molar-refractivity contribution is 0.0692. The Labute approximate surface area is 88.9 Å². The Morgan fingerprint density at radius 3 is 2.88 bits per heavy atom. The summed E-state index contributed by atoms with van der Waals surface area (Å²) >= 11 is 0. The number of carbonyl (C=O) groups is 1. The number of carboxylic acid groups (broad SMARTS) is 1. The van der Waals surface area contributed by atoms with Gasteiger partial charge in [-0.3, -0.25) is 0 Å². The van der Waals surface area contributed by atoms with Crippen molar-refractivity contribution in [2.24, 2.45) is 0 Å². The van der Waals surface area contributed by atoms with Crippen molar-refractivity contribution in [3.63, 3.8) is 0 Å². The van der Waals surface area contributed by atoms with E-state index in [2.05, 4.69) is 10.3 Å². The van der Waals surface area contributed by atoms with Crippen LogP contribution in [-0.2, 0) is 6.54 Å². The Hall–Kier alpha value is -2.02. The smallest absolute Gasteiger partial charge is 0.338 e. The van der Waals surface area contributed by atoms with Gasteiger partial charge < -0.3 is 10.2 Å². The first-order valence-electron chi connectivity index (χ1n) is 4.50. The van der Waals surface area contributed by atoms with Gasteiger partial charge in [-0.25, -0.2) is 13.9 Å². The third-order valence-electron chi connectivity index (χ3n) is 2.14. The van der Waals surface area contributed by atoms with Crippen LogP contribution in [0.3, 0.4) is 0 Å². The number of carboxylic acids is 1. The summed E-state index contributed by atoms with van der Waals surface area (Å²) in [6.07, 6.45) is 0. The molecule has 0 fully saturated rings. The summed E-state index contributed by atoms with van der Waals surface area (Å²) < 4.78 is 14.6. The molecule has 0 spiro atoms. The molecule has 0 aliphatic rings. The fourth-order valence-electron chi connectivity index (χ4n) is 1.41. The van der Waals surface area contributed by atoms with Gasteiger partial charge in [-0.15, -0.1) is 5.10 Å². The lowest BCUT2D eigenvalue weighted by Gasteiger charge is -2.00. The zero-order valence-electron chi connectivity index (χ0n) is 8.09. The molecular weight excluding hydrogens is 217 g/mol. The molecule has 2 N–H and O–H groups in total. The van der Waals surface area contributed by atoms with Crippen LogP contribution in [0, 0.1) is 5.82 Å². The van der Waals surface area contributed by atoms with E-state index in [0.717, 1.165) is 12.1 Å². The van der Waals surface area contributed by atoms with Crippen molar-refractivity contribution < 1.29 is 19.4 Å². The molecule has 0 radical (unpaired) electrons. The zero-order valence-corrected chi connectivity index (χ0v) is 8.09. The number of hydrogen-bond donors (Lipinski definition) is 2. The molecule has 0 bridgehead atoms. The number of halogens is 1. The molecule has 1 aromatic heterocycles. The average Bonchev–Trinajstić information content (AvgIpc) is 2.60. The van der Waals surface area contributed by atoms with E-state index in [1.54, 1.807) is 0 Å². The molecule has 0 amide bonds. The van der Waals surface area contributed by atoms with Crippen LogP contribution in [0.1, 0.15) is 10.4 Å². The highest BCUT2D eigenvalue weighted by molar-refractivity contribution is 5.92. The van der Waals surface area contributed by atoms with E-state index in [4.69, 9.17) is 10.2 Å². The fraction of sp³-hybridized carbons (Fsp3) is 0.222. The number of nitrogens with zero attached hydrogens (tertiary/aromatic N) is 3. The van der Waals surface area contributed by atoms with E-state index in [0.29, 0.717) is 5.52 Å². The van der Waals surface area contributed by atoms with Crippen LogP contribution < -0.4 is 0 Å². The van der Waals surface area contributed by atoms with Gasteiger partial charge >= 0.3 is 5.97 Å². The summed E-state index contributed by atoms with van der Waals surface area (Å²) in [7, 11) is 0. The summed E-state index contributed by atoms with van der Waals surface area (Å²) in [6, 6.07) is 2.17. The topological polar surface area (TPSA) is 88.2 Å². The third kappa shape index (κ3) is 1.61. The fourth-order valence-corrected chi connectivity index (χ4v) is 1.41. The highest BCUT2D eigenvalue weighted by atomic mass is 19.1. The Morgan fingerprint density at radius 1 is 1.50 bits per heavy atom. The summed E-state index contributed by atoms with van der Waals surface area (Å²) in [5.41, 5.74) is 0.206. The van der Waals surface area contributed by atoms with Crippen LogP contribution in [0.4, 0.5) is 4.39 Å². The lowest BCUT2D eigenvalue weighted by atomic mass is 10.2. The number of aliphatic hydroxyl groups is 1. The van der Waals surface area contributed by atoms with Crippen molar-refractivity contribution in [1.82, 2.24) is 15.0 Å². The summed E-state index contributed by atoms with van der Waals surface area (Å²) in [4.78, 5) is 10.7. The molecule has 0 aliphatic carbocycles. The SMILES string of the molecule is O=C(O)c1cc2c(cc1F)nnn2CCO. The van der Waals surface area contributed by atoms with E-state index in [-0.39, 0.29) is 18.7 Å². The van der Waals surface area contributed by atoms with Gasteiger partial charge in [0.25, 0.3) is 0 Å². The predicted octanol–water partition coefficient (Wildman–Crippen LogP) is 0.261. The molecule has 0 saturated carbocycles. The summed E-state index contributed by atoms with van der Waals surface area (Å²) in [5, 5.41) is 24.8. The number of hydrogen-bond acceptors (Lipinski definition) is 4. The van der Waals surface area contributed by atoms with Crippen molar-refractivity contribution in [2.75, 3.05) is 6.61 Å². The largest absolute Gasteiger partial charge is 0.478 e. The van der Waals surface area contributed by atoms with Crippen LogP contribution in [0.5, 0.6) is 0 Å². The minimum Gasteiger partial charge on any atom is -0.478 e. The van der Waals surface area contributed by atoms with Crippen LogP contribution in [0.25, 0.3) is 11.0 Å². The van der Waals surface area contributed by atoms with Gasteiger partial charge in [0.2, 0.25) is 0 Å². The Kier molecular flexibility index (Phi) is 2.53. The first-order valence-corrected chi connectivity index (χ1v) is 4.50. The van der Waals surface area contributed by atoms with Crippen molar-refractivity contribution in [1.29, 1.82) is 0 Å². The maximum atomic E-state index is 13.3. The molecule has 84 valence electrons. The van der Waals surface area contributed by atoms with Gasteiger partial charge in [0.1, 0.15) is 11.3 Å². The third-order valence-corrected chi connectivity index (χ3v) is 2.14. The molecule has 0 saturated heterocycles. The molecule has 1 aromatic carbocycles. The van der Waals surface area contributed by atoms with Crippen molar-refractivity contribution in [3.05, 3.63) is 23.5 Å². The Morgan fingerprint density at radius 2 is 2.25 bits per heavy atom. The second-order valence-corrected chi connectivity index (χ2v) is 3.16. The predicted molar refractivity (Wildman–Crippen MR) is 51.5 cm³/mol. The van der Waals surface area contributed by atoms with E-state index in [1.165, 1.54) is 4.68 Å². The van der Waals surface area contributed by atoms with Gasteiger partial charge in [0.05, 0.1) is 24.2 Å². The zero-order chi connectivity index (χ0) is 11.7. The van der Waals surface area contributed by atoms with Crippen molar-refractivity contribution in [3.8, 4) is 0 Å². The number of benzene rings is 1. The minimum absolute atomic E-state index is 0.155. The minimum atomic E-state index is -1.35. The second kappa shape index (κ2) is 3.86. The number of aromatic nitrogens is 3. The van der Waals surface area contributed by atoms with E-state index >= 15 is 0 Å². The van der Waals surface area contributed by atoms with Gasteiger partial charge in [0, 0.05) is 6.07 Å². The maximum absolute atomic E-state index is 13.3. The first kappa shape index (κ1) is 10.5. The molecule has 0 atom stereocenters. The van der Waals surface area contributed by atoms with Crippen molar-refractivity contribution in [2.45, 2.75) is 6.54 Å². The maximum Gasteiger partial charge on any atom is 0.338 e. The molecule has 7 heteroatoms. The monoisotopic (exact) mass is 225 g/mol. The number of aliphatic hydroxyl groups excluding tert-OH is 1. The molecule has 0 aliphatic heterocycles. The highest BCUT2D eigenvalue weighted by Crippen LogP contribution is 2.17. The Balaban J connectivity index is 2.64. The first-order chi connectivity index (χ1) is 7.63. The van der Waals surface area contributed by atoms with E-state index in [9.17, 15) is 9.18 Å². The molecule has 1 heterocycles. The highest BCUT2D eigenvalue weighted by Gasteiger charge is 2.14. The lowest BCUT2D eigenvalue weighted by Crippen LogP contribution is -2.05. The molecule has 2 aromatic rings. The molecule has 6 nitrogen and oxygen atoms in total. The standard InChI is InChI=1S/C9H8FN3O3/c10-6-4-7-8(3-5(6)9(15)16)13(1-2-14)12-11-7/h3-4,14H,1-2H2,(H,15,16). The molecule has 2 rings (SSSR count). The molecule has 16 heavy (non-hydrogen) atoms. The number of aromatic carboxylic acids is 1. The number of rotatable bonds is 3. The summed E-state index contributed by atoms with van der Waals surface area (Å²) in [5.74, 6) is -2.20. The van der Waals surface area contributed by atoms with E-state index < -0.39 is 17.3 Å². The molecular formula is C9H8FN3O3. The quantitative estimate of drug-likeness (QED) is 0.782. The molecule has 0 unspecified atom stereocenters. The Bertz CT molecular complexity index is 552. The van der Waals surface area contributed by atoms with Crippen LogP contribution in [0.15, 0.2) is 12.1 Å². The van der Waals surface area contributed by atoms with Crippen LogP contribution in [0.2, 0.25) is 0 Å². The normalized spacial score (nSPS) is 10.9. The van der Waals surface area contributed by atoms with Crippen LogP contribution in [-0.4, -0.2) is 37.8 Å². The van der Waals surface area contributed by atoms with Gasteiger partial charge in [-0.2, -0.15) is 0 Å². The average molecular weight is 225 g/mol. The van der Waals surface area contributed by atoms with Crippen LogP contribution >= 0.6 is 0 Å².